The molecule has 6 heteroatoms. The van der Waals surface area contributed by atoms with Crippen LogP contribution in [0, 0.1) is 5.92 Å². The van der Waals surface area contributed by atoms with Crippen LogP contribution in [0.1, 0.15) is 43.0 Å². The molecule has 19 heavy (non-hydrogen) atoms. The lowest BCUT2D eigenvalue weighted by Gasteiger charge is -2.39. The summed E-state index contributed by atoms with van der Waals surface area (Å²) >= 11 is 0. The van der Waals surface area contributed by atoms with Crippen molar-refractivity contribution in [1.82, 2.24) is 15.1 Å². The molecule has 0 aliphatic heterocycles. The quantitative estimate of drug-likeness (QED) is 0.859. The number of rotatable bonds is 3. The van der Waals surface area contributed by atoms with Crippen molar-refractivity contribution in [3.63, 3.8) is 0 Å². The molecule has 1 aromatic heterocycles. The van der Waals surface area contributed by atoms with E-state index in [-0.39, 0.29) is 11.8 Å². The predicted octanol–water partition coefficient (Wildman–Crippen LogP) is 1.18. The Hall–Kier alpha value is -1.85. The Morgan fingerprint density at radius 1 is 1.53 bits per heavy atom. The van der Waals surface area contributed by atoms with Crippen molar-refractivity contribution in [3.8, 4) is 0 Å². The van der Waals surface area contributed by atoms with Gasteiger partial charge in [0.05, 0.1) is 11.8 Å². The Labute approximate surface area is 111 Å². The van der Waals surface area contributed by atoms with Gasteiger partial charge in [-0.15, -0.1) is 0 Å². The molecule has 2 atom stereocenters. The molecule has 1 aliphatic rings. The summed E-state index contributed by atoms with van der Waals surface area (Å²) in [5.74, 6) is -1.39. The Morgan fingerprint density at radius 2 is 2.26 bits per heavy atom. The first-order chi connectivity index (χ1) is 8.95. The van der Waals surface area contributed by atoms with Crippen LogP contribution in [0.15, 0.2) is 12.4 Å². The standard InChI is InChI=1S/C13H19N3O3/c1-9-5-3-4-6-13(9,12(18)19)15-11(17)10-7-14-16(2)8-10/h7-9H,3-6H2,1-2H3,(H,15,17)(H,18,19). The van der Waals surface area contributed by atoms with Gasteiger partial charge in [-0.2, -0.15) is 5.10 Å². The number of carboxylic acids is 1. The summed E-state index contributed by atoms with van der Waals surface area (Å²) in [6, 6.07) is 0. The van der Waals surface area contributed by atoms with E-state index in [9.17, 15) is 14.7 Å². The summed E-state index contributed by atoms with van der Waals surface area (Å²) in [5.41, 5.74) is -0.758. The van der Waals surface area contributed by atoms with Crippen molar-refractivity contribution in [2.45, 2.75) is 38.1 Å². The number of aromatic nitrogens is 2. The number of carbonyl (C=O) groups is 2. The van der Waals surface area contributed by atoms with E-state index in [1.165, 1.54) is 10.9 Å². The highest BCUT2D eigenvalue weighted by molar-refractivity contribution is 5.97. The molecule has 1 heterocycles. The van der Waals surface area contributed by atoms with Gasteiger partial charge in [0.1, 0.15) is 5.54 Å². The van der Waals surface area contributed by atoms with E-state index < -0.39 is 11.5 Å². The number of carbonyl (C=O) groups excluding carboxylic acids is 1. The third-order valence-electron chi connectivity index (χ3n) is 3.98. The third-order valence-corrected chi connectivity index (χ3v) is 3.98. The van der Waals surface area contributed by atoms with Crippen LogP contribution in [-0.2, 0) is 11.8 Å². The van der Waals surface area contributed by atoms with Gasteiger partial charge in [-0.1, -0.05) is 19.8 Å². The SMILES string of the molecule is CC1CCCCC1(NC(=O)c1cnn(C)c1)C(=O)O. The number of hydrogen-bond donors (Lipinski definition) is 2. The molecule has 2 unspecified atom stereocenters. The normalized spacial score (nSPS) is 26.9. The minimum Gasteiger partial charge on any atom is -0.479 e. The van der Waals surface area contributed by atoms with Gasteiger partial charge in [0.15, 0.2) is 0 Å². The van der Waals surface area contributed by atoms with Crippen LogP contribution in [0.5, 0.6) is 0 Å². The molecule has 1 saturated carbocycles. The van der Waals surface area contributed by atoms with E-state index in [0.29, 0.717) is 12.0 Å². The Morgan fingerprint density at radius 3 is 2.79 bits per heavy atom. The first-order valence-corrected chi connectivity index (χ1v) is 6.50. The van der Waals surface area contributed by atoms with Crippen molar-refractivity contribution >= 4 is 11.9 Å². The van der Waals surface area contributed by atoms with Crippen molar-refractivity contribution < 1.29 is 14.7 Å². The highest BCUT2D eigenvalue weighted by Crippen LogP contribution is 2.34. The summed E-state index contributed by atoms with van der Waals surface area (Å²) in [4.78, 5) is 23.8. The molecule has 0 radical (unpaired) electrons. The van der Waals surface area contributed by atoms with Crippen molar-refractivity contribution in [1.29, 1.82) is 0 Å². The van der Waals surface area contributed by atoms with Gasteiger partial charge >= 0.3 is 5.97 Å². The molecule has 6 nitrogen and oxygen atoms in total. The number of nitrogens with zero attached hydrogens (tertiary/aromatic N) is 2. The fraction of sp³-hybridized carbons (Fsp3) is 0.615. The maximum atomic E-state index is 12.2. The zero-order valence-electron chi connectivity index (χ0n) is 11.2. The lowest BCUT2D eigenvalue weighted by Crippen LogP contribution is -2.59. The van der Waals surface area contributed by atoms with Crippen LogP contribution in [0.4, 0.5) is 0 Å². The number of nitrogens with one attached hydrogen (secondary N) is 1. The summed E-state index contributed by atoms with van der Waals surface area (Å²) in [7, 11) is 1.72. The van der Waals surface area contributed by atoms with E-state index in [1.54, 1.807) is 13.2 Å². The predicted molar refractivity (Wildman–Crippen MR) is 68.7 cm³/mol. The lowest BCUT2D eigenvalue weighted by atomic mass is 9.73. The summed E-state index contributed by atoms with van der Waals surface area (Å²) in [5, 5.41) is 16.2. The number of amides is 1. The molecule has 0 bridgehead atoms. The summed E-state index contributed by atoms with van der Waals surface area (Å²) in [6.45, 7) is 1.89. The number of hydrogen-bond acceptors (Lipinski definition) is 3. The summed E-state index contributed by atoms with van der Waals surface area (Å²) < 4.78 is 1.52. The van der Waals surface area contributed by atoms with Crippen LogP contribution in [0.25, 0.3) is 0 Å². The van der Waals surface area contributed by atoms with Gasteiger partial charge in [0.2, 0.25) is 0 Å². The van der Waals surface area contributed by atoms with Crippen LogP contribution >= 0.6 is 0 Å². The number of carboxylic acid groups (broad SMARTS) is 1. The molecular formula is C13H19N3O3. The van der Waals surface area contributed by atoms with Crippen LogP contribution < -0.4 is 5.32 Å². The molecule has 1 aliphatic carbocycles. The van der Waals surface area contributed by atoms with E-state index in [4.69, 9.17) is 0 Å². The fourth-order valence-electron chi connectivity index (χ4n) is 2.72. The highest BCUT2D eigenvalue weighted by Gasteiger charge is 2.46. The molecule has 1 aromatic rings. The van der Waals surface area contributed by atoms with Crippen molar-refractivity contribution in [3.05, 3.63) is 18.0 Å². The molecule has 0 saturated heterocycles. The minimum absolute atomic E-state index is 0.0700. The molecule has 0 spiro atoms. The molecular weight excluding hydrogens is 246 g/mol. The van der Waals surface area contributed by atoms with Gasteiger partial charge in [-0.3, -0.25) is 9.48 Å². The van der Waals surface area contributed by atoms with Crippen molar-refractivity contribution in [2.75, 3.05) is 0 Å². The van der Waals surface area contributed by atoms with Crippen LogP contribution in [-0.4, -0.2) is 32.3 Å². The van der Waals surface area contributed by atoms with Crippen LogP contribution in [0.2, 0.25) is 0 Å². The van der Waals surface area contributed by atoms with Gasteiger partial charge in [-0.25, -0.2) is 4.79 Å². The molecule has 1 amide bonds. The first kappa shape index (κ1) is 13.6. The lowest BCUT2D eigenvalue weighted by molar-refractivity contribution is -0.148. The Bertz CT molecular complexity index is 497. The van der Waals surface area contributed by atoms with E-state index in [1.807, 2.05) is 6.92 Å². The zero-order chi connectivity index (χ0) is 14.0. The van der Waals surface area contributed by atoms with Gasteiger partial charge < -0.3 is 10.4 Å². The smallest absolute Gasteiger partial charge is 0.329 e. The molecule has 0 aromatic carbocycles. The van der Waals surface area contributed by atoms with Gasteiger partial charge in [-0.05, 0) is 18.8 Å². The molecule has 2 N–H and O–H groups in total. The maximum Gasteiger partial charge on any atom is 0.329 e. The average Bonchev–Trinajstić information content (AvgIpc) is 2.78. The van der Waals surface area contributed by atoms with Crippen LogP contribution in [0.3, 0.4) is 0 Å². The van der Waals surface area contributed by atoms with E-state index >= 15 is 0 Å². The third kappa shape index (κ3) is 2.47. The van der Waals surface area contributed by atoms with Crippen molar-refractivity contribution in [2.24, 2.45) is 13.0 Å². The average molecular weight is 265 g/mol. The van der Waals surface area contributed by atoms with E-state index in [2.05, 4.69) is 10.4 Å². The Kier molecular flexibility index (Phi) is 3.59. The van der Waals surface area contributed by atoms with Gasteiger partial charge in [0, 0.05) is 13.2 Å². The number of aryl methyl sites for hydroxylation is 1. The second kappa shape index (κ2) is 5.03. The molecule has 104 valence electrons. The monoisotopic (exact) mass is 265 g/mol. The van der Waals surface area contributed by atoms with E-state index in [0.717, 1.165) is 19.3 Å². The minimum atomic E-state index is -1.15. The zero-order valence-corrected chi connectivity index (χ0v) is 11.2. The largest absolute Gasteiger partial charge is 0.479 e. The first-order valence-electron chi connectivity index (χ1n) is 6.50. The maximum absolute atomic E-state index is 12.2. The number of aliphatic carboxylic acids is 1. The second-order valence-corrected chi connectivity index (χ2v) is 5.28. The molecule has 1 fully saturated rings. The fourth-order valence-corrected chi connectivity index (χ4v) is 2.72. The van der Waals surface area contributed by atoms with Gasteiger partial charge in [0.25, 0.3) is 5.91 Å². The molecule has 2 rings (SSSR count). The topological polar surface area (TPSA) is 84.2 Å². The summed E-state index contributed by atoms with van der Waals surface area (Å²) in [6.07, 6.45) is 6.16. The Balaban J connectivity index is 2.21. The second-order valence-electron chi connectivity index (χ2n) is 5.28. The highest BCUT2D eigenvalue weighted by atomic mass is 16.4.